The first-order valence-electron chi connectivity index (χ1n) is 5.87. The minimum absolute atomic E-state index is 0.157. The van der Waals surface area contributed by atoms with Gasteiger partial charge in [-0.3, -0.25) is 4.90 Å². The van der Waals surface area contributed by atoms with Gasteiger partial charge in [0.2, 0.25) is 0 Å². The molecular weight excluding hydrogens is 222 g/mol. The fraction of sp³-hybridized carbons (Fsp3) is 0.538. The summed E-state index contributed by atoms with van der Waals surface area (Å²) in [6, 6.07) is 3.73. The predicted octanol–water partition coefficient (Wildman–Crippen LogP) is 2.69. The average Bonchev–Trinajstić information content (AvgIpc) is 2.27. The van der Waals surface area contributed by atoms with E-state index >= 15 is 0 Å². The largest absolute Gasteiger partial charge is 0.329 e. The highest BCUT2D eigenvalue weighted by Gasteiger charge is 2.20. The Balaban J connectivity index is 3.00. The molecule has 1 aromatic rings. The number of nitrogens with zero attached hydrogens (tertiary/aromatic N) is 1. The highest BCUT2D eigenvalue weighted by atomic mass is 19.1. The average molecular weight is 242 g/mol. The normalized spacial score (nSPS) is 15.0. The van der Waals surface area contributed by atoms with E-state index < -0.39 is 11.6 Å². The Morgan fingerprint density at radius 1 is 1.24 bits per heavy atom. The van der Waals surface area contributed by atoms with Gasteiger partial charge >= 0.3 is 0 Å². The van der Waals surface area contributed by atoms with E-state index in [1.807, 2.05) is 11.9 Å². The van der Waals surface area contributed by atoms with Crippen molar-refractivity contribution >= 4 is 0 Å². The Morgan fingerprint density at radius 2 is 1.76 bits per heavy atom. The van der Waals surface area contributed by atoms with Crippen LogP contribution in [-0.2, 0) is 0 Å². The highest BCUT2D eigenvalue weighted by molar-refractivity contribution is 5.22. The zero-order valence-electron chi connectivity index (χ0n) is 10.6. The molecule has 96 valence electrons. The summed E-state index contributed by atoms with van der Waals surface area (Å²) in [6.07, 6.45) is 0.963. The van der Waals surface area contributed by atoms with E-state index in [0.29, 0.717) is 18.2 Å². The van der Waals surface area contributed by atoms with Gasteiger partial charge in [0.1, 0.15) is 11.6 Å². The fourth-order valence-corrected chi connectivity index (χ4v) is 1.90. The number of hydrogen-bond acceptors (Lipinski definition) is 2. The van der Waals surface area contributed by atoms with Crippen molar-refractivity contribution in [2.75, 3.05) is 13.6 Å². The molecule has 0 saturated carbocycles. The molecule has 2 nitrogen and oxygen atoms in total. The van der Waals surface area contributed by atoms with Crippen LogP contribution >= 0.6 is 0 Å². The second-order valence-electron chi connectivity index (χ2n) is 4.38. The van der Waals surface area contributed by atoms with Crippen LogP contribution in [0.4, 0.5) is 8.78 Å². The van der Waals surface area contributed by atoms with Gasteiger partial charge in [0, 0.05) is 24.7 Å². The summed E-state index contributed by atoms with van der Waals surface area (Å²) < 4.78 is 26.3. The molecule has 1 rings (SSSR count). The van der Waals surface area contributed by atoms with Crippen molar-refractivity contribution in [2.24, 2.45) is 5.73 Å². The zero-order valence-corrected chi connectivity index (χ0v) is 10.6. The minimum Gasteiger partial charge on any atom is -0.329 e. The van der Waals surface area contributed by atoms with Crippen molar-refractivity contribution in [1.29, 1.82) is 0 Å². The van der Waals surface area contributed by atoms with Crippen molar-refractivity contribution in [2.45, 2.75) is 32.4 Å². The molecule has 0 aliphatic heterocycles. The van der Waals surface area contributed by atoms with Crippen LogP contribution in [0.25, 0.3) is 0 Å². The Kier molecular flexibility index (Phi) is 5.02. The molecule has 2 atom stereocenters. The molecule has 0 bridgehead atoms. The Bertz CT molecular complexity index is 348. The number of benzene rings is 1. The first-order chi connectivity index (χ1) is 7.99. The molecule has 1 aromatic carbocycles. The molecule has 2 unspecified atom stereocenters. The molecule has 4 heteroatoms. The van der Waals surface area contributed by atoms with Crippen molar-refractivity contribution in [3.63, 3.8) is 0 Å². The number of likely N-dealkylation sites (N-methyl/N-ethyl adjacent to an activating group) is 1. The van der Waals surface area contributed by atoms with Gasteiger partial charge in [0.15, 0.2) is 0 Å². The number of rotatable bonds is 5. The number of halogens is 2. The third-order valence-electron chi connectivity index (χ3n) is 3.27. The monoisotopic (exact) mass is 242 g/mol. The van der Waals surface area contributed by atoms with E-state index in [1.54, 1.807) is 0 Å². The minimum atomic E-state index is -0.559. The van der Waals surface area contributed by atoms with E-state index in [9.17, 15) is 8.78 Å². The van der Waals surface area contributed by atoms with Gasteiger partial charge in [-0.2, -0.15) is 0 Å². The second-order valence-corrected chi connectivity index (χ2v) is 4.38. The molecule has 0 heterocycles. The molecule has 0 aliphatic rings. The molecule has 0 radical (unpaired) electrons. The first-order valence-corrected chi connectivity index (χ1v) is 5.87. The molecule has 0 aliphatic carbocycles. The Morgan fingerprint density at radius 3 is 2.18 bits per heavy atom. The molecular formula is C13H20F2N2. The number of hydrogen-bond donors (Lipinski definition) is 1. The standard InChI is InChI=1S/C13H20F2N2/c1-4-9(2)17(3)13(8-16)10-5-11(14)7-12(15)6-10/h5-7,9,13H,4,8,16H2,1-3H3. The van der Waals surface area contributed by atoms with Crippen LogP contribution in [0.5, 0.6) is 0 Å². The second kappa shape index (κ2) is 6.07. The first kappa shape index (κ1) is 14.1. The Hall–Kier alpha value is -1.00. The molecule has 0 aromatic heterocycles. The topological polar surface area (TPSA) is 29.3 Å². The van der Waals surface area contributed by atoms with Crippen LogP contribution in [0.2, 0.25) is 0 Å². The summed E-state index contributed by atoms with van der Waals surface area (Å²) in [5.74, 6) is -1.12. The maximum atomic E-state index is 13.2. The summed E-state index contributed by atoms with van der Waals surface area (Å²) in [7, 11) is 1.93. The fourth-order valence-electron chi connectivity index (χ4n) is 1.90. The SMILES string of the molecule is CCC(C)N(C)C(CN)c1cc(F)cc(F)c1. The molecule has 0 spiro atoms. The van der Waals surface area contributed by atoms with Crippen molar-refractivity contribution < 1.29 is 8.78 Å². The van der Waals surface area contributed by atoms with Crippen LogP contribution in [0.1, 0.15) is 31.9 Å². The van der Waals surface area contributed by atoms with Gasteiger partial charge < -0.3 is 5.73 Å². The maximum absolute atomic E-state index is 13.2. The summed E-state index contributed by atoms with van der Waals surface area (Å²) in [4.78, 5) is 2.05. The van der Waals surface area contributed by atoms with E-state index in [1.165, 1.54) is 12.1 Å². The van der Waals surface area contributed by atoms with E-state index in [2.05, 4.69) is 13.8 Å². The molecule has 0 fully saturated rings. The van der Waals surface area contributed by atoms with Gasteiger partial charge in [-0.1, -0.05) is 6.92 Å². The van der Waals surface area contributed by atoms with Crippen molar-refractivity contribution in [1.82, 2.24) is 4.90 Å². The van der Waals surface area contributed by atoms with Crippen LogP contribution in [0.3, 0.4) is 0 Å². The summed E-state index contributed by atoms with van der Waals surface area (Å²) in [6.45, 7) is 4.48. The maximum Gasteiger partial charge on any atom is 0.126 e. The summed E-state index contributed by atoms with van der Waals surface area (Å²) >= 11 is 0. The van der Waals surface area contributed by atoms with Gasteiger partial charge in [0.05, 0.1) is 0 Å². The van der Waals surface area contributed by atoms with Gasteiger partial charge in [-0.25, -0.2) is 8.78 Å². The number of nitrogens with two attached hydrogens (primary N) is 1. The zero-order chi connectivity index (χ0) is 13.0. The smallest absolute Gasteiger partial charge is 0.126 e. The third-order valence-corrected chi connectivity index (χ3v) is 3.27. The lowest BCUT2D eigenvalue weighted by Gasteiger charge is -2.32. The lowest BCUT2D eigenvalue weighted by atomic mass is 10.0. The van der Waals surface area contributed by atoms with Crippen LogP contribution in [0.15, 0.2) is 18.2 Å². The summed E-state index contributed by atoms with van der Waals surface area (Å²) in [5, 5.41) is 0. The van der Waals surface area contributed by atoms with Crippen LogP contribution in [-0.4, -0.2) is 24.5 Å². The molecule has 0 amide bonds. The van der Waals surface area contributed by atoms with Gasteiger partial charge in [-0.15, -0.1) is 0 Å². The van der Waals surface area contributed by atoms with E-state index in [0.717, 1.165) is 12.5 Å². The van der Waals surface area contributed by atoms with E-state index in [-0.39, 0.29) is 6.04 Å². The lowest BCUT2D eigenvalue weighted by Crippen LogP contribution is -2.36. The van der Waals surface area contributed by atoms with Crippen LogP contribution < -0.4 is 5.73 Å². The quantitative estimate of drug-likeness (QED) is 0.860. The Labute approximate surface area is 101 Å². The van der Waals surface area contributed by atoms with Gasteiger partial charge in [-0.05, 0) is 38.1 Å². The van der Waals surface area contributed by atoms with Crippen molar-refractivity contribution in [3.8, 4) is 0 Å². The van der Waals surface area contributed by atoms with Gasteiger partial charge in [0.25, 0.3) is 0 Å². The van der Waals surface area contributed by atoms with Crippen molar-refractivity contribution in [3.05, 3.63) is 35.4 Å². The third kappa shape index (κ3) is 3.48. The van der Waals surface area contributed by atoms with E-state index in [4.69, 9.17) is 5.73 Å². The molecule has 2 N–H and O–H groups in total. The predicted molar refractivity (Wildman–Crippen MR) is 65.7 cm³/mol. The summed E-state index contributed by atoms with van der Waals surface area (Å²) in [5.41, 5.74) is 6.30. The lowest BCUT2D eigenvalue weighted by molar-refractivity contribution is 0.184. The highest BCUT2D eigenvalue weighted by Crippen LogP contribution is 2.23. The molecule has 0 saturated heterocycles. The van der Waals surface area contributed by atoms with Crippen LogP contribution in [0, 0.1) is 11.6 Å². The molecule has 17 heavy (non-hydrogen) atoms.